The van der Waals surface area contributed by atoms with Crippen molar-refractivity contribution in [2.45, 2.75) is 56.4 Å². The lowest BCUT2D eigenvalue weighted by atomic mass is 9.99. The Kier molecular flexibility index (Phi) is 6.89. The first-order valence-electron chi connectivity index (χ1n) is 9.82. The van der Waals surface area contributed by atoms with Crippen LogP contribution in [-0.4, -0.2) is 46.7 Å². The molecule has 3 unspecified atom stereocenters. The Morgan fingerprint density at radius 3 is 2.26 bits per heavy atom. The van der Waals surface area contributed by atoms with Crippen molar-refractivity contribution in [2.75, 3.05) is 18.4 Å². The summed E-state index contributed by atoms with van der Waals surface area (Å²) >= 11 is 3.63. The molecule has 148 valence electrons. The lowest BCUT2D eigenvalue weighted by molar-refractivity contribution is -0.117. The molecule has 2 fully saturated rings. The van der Waals surface area contributed by atoms with Gasteiger partial charge in [-0.3, -0.25) is 15.0 Å². The van der Waals surface area contributed by atoms with Gasteiger partial charge in [0.15, 0.2) is 0 Å². The third-order valence-electron chi connectivity index (χ3n) is 5.36. The van der Waals surface area contributed by atoms with E-state index in [0.29, 0.717) is 17.2 Å². The molecule has 0 radical (unpaired) electrons. The summed E-state index contributed by atoms with van der Waals surface area (Å²) in [5, 5.41) is 2.93. The van der Waals surface area contributed by atoms with Crippen molar-refractivity contribution in [3.8, 4) is 0 Å². The highest BCUT2D eigenvalue weighted by atomic mass is 79.9. The Hall–Kier alpha value is -1.44. The quantitative estimate of drug-likeness (QED) is 0.634. The molecule has 0 bridgehead atoms. The van der Waals surface area contributed by atoms with E-state index in [2.05, 4.69) is 45.9 Å². The number of alkyl halides is 1. The third-order valence-corrected chi connectivity index (χ3v) is 6.46. The molecule has 3 atom stereocenters. The van der Waals surface area contributed by atoms with Crippen LogP contribution in [0.2, 0.25) is 0 Å². The number of halogens is 1. The predicted molar refractivity (Wildman–Crippen MR) is 111 cm³/mol. The number of likely N-dealkylation sites (tertiary alicyclic amines) is 1. The largest absolute Gasteiger partial charge is 0.339 e. The maximum Gasteiger partial charge on any atom is 0.253 e. The highest BCUT2D eigenvalue weighted by Crippen LogP contribution is 2.23. The third kappa shape index (κ3) is 4.89. The van der Waals surface area contributed by atoms with Crippen LogP contribution in [0.25, 0.3) is 0 Å². The van der Waals surface area contributed by atoms with Crippen LogP contribution in [0.4, 0.5) is 5.69 Å². The van der Waals surface area contributed by atoms with E-state index in [0.717, 1.165) is 25.9 Å². The van der Waals surface area contributed by atoms with Crippen LogP contribution in [0.3, 0.4) is 0 Å². The minimum absolute atomic E-state index is 0.0152. The van der Waals surface area contributed by atoms with Gasteiger partial charge in [-0.2, -0.15) is 0 Å². The van der Waals surface area contributed by atoms with Crippen LogP contribution < -0.4 is 16.2 Å². The van der Waals surface area contributed by atoms with E-state index in [4.69, 9.17) is 0 Å². The van der Waals surface area contributed by atoms with E-state index in [9.17, 15) is 9.59 Å². The topological polar surface area (TPSA) is 73.5 Å². The Morgan fingerprint density at radius 2 is 1.70 bits per heavy atom. The van der Waals surface area contributed by atoms with Gasteiger partial charge in [-0.05, 0) is 43.0 Å². The molecule has 3 N–H and O–H groups in total. The van der Waals surface area contributed by atoms with E-state index >= 15 is 0 Å². The minimum atomic E-state index is -0.351. The number of carbonyl (C=O) groups is 2. The van der Waals surface area contributed by atoms with Crippen molar-refractivity contribution in [3.63, 3.8) is 0 Å². The second-order valence-corrected chi connectivity index (χ2v) is 8.81. The SMILES string of the molecule is CC(C)C1NNC(C(=O)Nc2ccc(C(=O)N3CCCCCC3)cc2)C1Br. The smallest absolute Gasteiger partial charge is 0.253 e. The van der Waals surface area contributed by atoms with Crippen LogP contribution in [-0.2, 0) is 4.79 Å². The van der Waals surface area contributed by atoms with Gasteiger partial charge < -0.3 is 10.2 Å². The monoisotopic (exact) mass is 436 g/mol. The number of carbonyl (C=O) groups excluding carboxylic acids is 2. The fraction of sp³-hybridized carbons (Fsp3) is 0.600. The van der Waals surface area contributed by atoms with E-state index < -0.39 is 0 Å². The minimum Gasteiger partial charge on any atom is -0.339 e. The average Bonchev–Trinajstić information content (AvgIpc) is 2.86. The number of nitrogens with one attached hydrogen (secondary N) is 3. The molecule has 2 aliphatic rings. The van der Waals surface area contributed by atoms with Crippen molar-refractivity contribution >= 4 is 33.4 Å². The molecule has 1 aromatic carbocycles. The first-order chi connectivity index (χ1) is 13.0. The van der Waals surface area contributed by atoms with Gasteiger partial charge in [0.2, 0.25) is 5.91 Å². The van der Waals surface area contributed by atoms with Gasteiger partial charge in [0.1, 0.15) is 6.04 Å². The molecule has 7 heteroatoms. The first kappa shape index (κ1) is 20.3. The van der Waals surface area contributed by atoms with Crippen LogP contribution in [0.5, 0.6) is 0 Å². The molecular weight excluding hydrogens is 408 g/mol. The molecule has 0 spiro atoms. The number of hydrogen-bond donors (Lipinski definition) is 3. The summed E-state index contributed by atoms with van der Waals surface area (Å²) in [5.74, 6) is 0.389. The number of hydrogen-bond acceptors (Lipinski definition) is 4. The maximum absolute atomic E-state index is 12.7. The van der Waals surface area contributed by atoms with E-state index in [-0.39, 0.29) is 28.7 Å². The molecule has 1 aromatic rings. The molecule has 6 nitrogen and oxygen atoms in total. The van der Waals surface area contributed by atoms with Gasteiger partial charge in [-0.1, -0.05) is 42.6 Å². The summed E-state index contributed by atoms with van der Waals surface area (Å²) < 4.78 is 0. The van der Waals surface area contributed by atoms with Crippen LogP contribution in [0.1, 0.15) is 49.9 Å². The summed E-state index contributed by atoms with van der Waals surface area (Å²) in [7, 11) is 0. The fourth-order valence-electron chi connectivity index (χ4n) is 3.67. The molecule has 3 rings (SSSR count). The molecule has 0 aliphatic carbocycles. The second kappa shape index (κ2) is 9.17. The number of hydrazine groups is 1. The molecule has 2 amide bonds. The number of rotatable bonds is 4. The van der Waals surface area contributed by atoms with Gasteiger partial charge in [0.05, 0.1) is 4.83 Å². The van der Waals surface area contributed by atoms with Gasteiger partial charge in [0, 0.05) is 30.4 Å². The summed E-state index contributed by atoms with van der Waals surface area (Å²) in [6, 6.07) is 7.03. The van der Waals surface area contributed by atoms with Gasteiger partial charge in [-0.25, -0.2) is 5.43 Å². The van der Waals surface area contributed by atoms with Crippen molar-refractivity contribution in [2.24, 2.45) is 5.92 Å². The molecule has 2 saturated heterocycles. The van der Waals surface area contributed by atoms with Crippen LogP contribution >= 0.6 is 15.9 Å². The molecule has 27 heavy (non-hydrogen) atoms. The predicted octanol–water partition coefficient (Wildman–Crippen LogP) is 2.91. The van der Waals surface area contributed by atoms with Crippen molar-refractivity contribution in [3.05, 3.63) is 29.8 Å². The summed E-state index contributed by atoms with van der Waals surface area (Å²) in [5.41, 5.74) is 7.62. The standard InChI is InChI=1S/C20H29BrN4O2/c1-13(2)17-16(21)18(24-23-17)19(26)22-15-9-7-14(8-10-15)20(27)25-11-5-3-4-6-12-25/h7-10,13,16-18,23-24H,3-6,11-12H2,1-2H3,(H,22,26). The number of anilines is 1. The van der Waals surface area contributed by atoms with Crippen LogP contribution in [0, 0.1) is 5.92 Å². The molecule has 0 aromatic heterocycles. The highest BCUT2D eigenvalue weighted by molar-refractivity contribution is 9.09. The summed E-state index contributed by atoms with van der Waals surface area (Å²) in [6.45, 7) is 5.91. The van der Waals surface area contributed by atoms with Gasteiger partial charge >= 0.3 is 0 Å². The first-order valence-corrected chi connectivity index (χ1v) is 10.7. The van der Waals surface area contributed by atoms with Crippen molar-refractivity contribution in [1.82, 2.24) is 15.8 Å². The second-order valence-electron chi connectivity index (χ2n) is 7.75. The van der Waals surface area contributed by atoms with E-state index in [1.165, 1.54) is 12.8 Å². The Morgan fingerprint density at radius 1 is 1.07 bits per heavy atom. The van der Waals surface area contributed by atoms with Gasteiger partial charge in [-0.15, -0.1) is 0 Å². The van der Waals surface area contributed by atoms with Crippen LogP contribution in [0.15, 0.2) is 24.3 Å². The van der Waals surface area contributed by atoms with E-state index in [1.807, 2.05) is 4.90 Å². The Labute approximate surface area is 169 Å². The Balaban J connectivity index is 1.59. The summed E-state index contributed by atoms with van der Waals surface area (Å²) in [6.07, 6.45) is 4.55. The highest BCUT2D eigenvalue weighted by Gasteiger charge is 2.39. The zero-order valence-electron chi connectivity index (χ0n) is 16.0. The molecule has 0 saturated carbocycles. The number of benzene rings is 1. The lowest BCUT2D eigenvalue weighted by Crippen LogP contribution is -2.42. The Bertz CT molecular complexity index is 656. The average molecular weight is 437 g/mol. The molecular formula is C20H29BrN4O2. The van der Waals surface area contributed by atoms with Crippen molar-refractivity contribution in [1.29, 1.82) is 0 Å². The van der Waals surface area contributed by atoms with Crippen molar-refractivity contribution < 1.29 is 9.59 Å². The fourth-order valence-corrected chi connectivity index (χ4v) is 4.78. The maximum atomic E-state index is 12.7. The number of nitrogens with zero attached hydrogens (tertiary/aromatic N) is 1. The normalized spacial score (nSPS) is 26.1. The van der Waals surface area contributed by atoms with Gasteiger partial charge in [0.25, 0.3) is 5.91 Å². The zero-order valence-corrected chi connectivity index (χ0v) is 17.6. The van der Waals surface area contributed by atoms with E-state index in [1.54, 1.807) is 24.3 Å². The summed E-state index contributed by atoms with van der Waals surface area (Å²) in [4.78, 5) is 27.2. The molecule has 2 heterocycles. The number of amides is 2. The zero-order chi connectivity index (χ0) is 19.4. The lowest BCUT2D eigenvalue weighted by Gasteiger charge is -2.21. The molecule has 2 aliphatic heterocycles.